The van der Waals surface area contributed by atoms with E-state index < -0.39 is 0 Å². The van der Waals surface area contributed by atoms with Crippen molar-refractivity contribution in [3.05, 3.63) is 75.8 Å². The number of rotatable bonds is 2. The van der Waals surface area contributed by atoms with Gasteiger partial charge in [-0.2, -0.15) is 0 Å². The zero-order valence-corrected chi connectivity index (χ0v) is 14.8. The quantitative estimate of drug-likeness (QED) is 0.606. The van der Waals surface area contributed by atoms with E-state index in [4.69, 9.17) is 0 Å². The van der Waals surface area contributed by atoms with Crippen molar-refractivity contribution >= 4 is 28.3 Å². The molecule has 0 radical (unpaired) electrons. The lowest BCUT2D eigenvalue weighted by Gasteiger charge is -2.08. The minimum atomic E-state index is -0.276. The van der Waals surface area contributed by atoms with Crippen molar-refractivity contribution in [3.63, 3.8) is 0 Å². The summed E-state index contributed by atoms with van der Waals surface area (Å²) in [5, 5.41) is 3.31. The highest BCUT2D eigenvalue weighted by atomic mass is 16.2. The Morgan fingerprint density at radius 1 is 1.08 bits per heavy atom. The summed E-state index contributed by atoms with van der Waals surface area (Å²) in [5.74, 6) is -0.276. The molecule has 1 N–H and O–H groups in total. The molecule has 6 nitrogen and oxygen atoms in total. The molecule has 6 heteroatoms. The third-order valence-corrected chi connectivity index (χ3v) is 4.71. The molecule has 0 spiro atoms. The minimum absolute atomic E-state index is 0.188. The first-order valence-electron chi connectivity index (χ1n) is 8.31. The summed E-state index contributed by atoms with van der Waals surface area (Å²) in [6, 6.07) is 12.7. The second-order valence-electron chi connectivity index (χ2n) is 6.42. The first-order valence-corrected chi connectivity index (χ1v) is 8.31. The number of nitrogens with zero attached hydrogens (tertiary/aromatic N) is 3. The van der Waals surface area contributed by atoms with E-state index >= 15 is 0 Å². The fraction of sp³-hybridized carbons (Fsp3) is 0.150. The maximum atomic E-state index is 12.7. The van der Waals surface area contributed by atoms with Crippen LogP contribution in [0.4, 0.5) is 5.69 Å². The van der Waals surface area contributed by atoms with E-state index in [-0.39, 0.29) is 11.5 Å². The summed E-state index contributed by atoms with van der Waals surface area (Å²) in [4.78, 5) is 30.0. The number of amides is 1. The average Bonchev–Trinajstić information content (AvgIpc) is 2.96. The zero-order valence-electron chi connectivity index (χ0n) is 14.8. The van der Waals surface area contributed by atoms with Gasteiger partial charge in [-0.3, -0.25) is 14.0 Å². The number of aromatic nitrogens is 3. The second-order valence-corrected chi connectivity index (χ2v) is 6.42. The van der Waals surface area contributed by atoms with Crippen LogP contribution in [0.5, 0.6) is 0 Å². The second kappa shape index (κ2) is 5.84. The maximum absolute atomic E-state index is 12.7. The monoisotopic (exact) mass is 346 g/mol. The van der Waals surface area contributed by atoms with Gasteiger partial charge in [0.2, 0.25) is 0 Å². The van der Waals surface area contributed by atoms with E-state index in [1.54, 1.807) is 36.0 Å². The molecule has 0 aliphatic heterocycles. The summed E-state index contributed by atoms with van der Waals surface area (Å²) in [6.45, 7) is 4.02. The summed E-state index contributed by atoms with van der Waals surface area (Å²) in [6.07, 6.45) is 1.67. The van der Waals surface area contributed by atoms with Crippen LogP contribution in [0.1, 0.15) is 21.6 Å². The average molecular weight is 346 g/mol. The SMILES string of the molecule is Cc1ccc(NC(=O)c2cc3c(=O)n4ccccc4nc3n2C)cc1C. The number of hydrogen-bond donors (Lipinski definition) is 1. The van der Waals surface area contributed by atoms with Crippen LogP contribution in [0.2, 0.25) is 0 Å². The van der Waals surface area contributed by atoms with Crippen LogP contribution >= 0.6 is 0 Å². The first kappa shape index (κ1) is 16.1. The third kappa shape index (κ3) is 2.47. The standard InChI is InChI=1S/C20H18N4O2/c1-12-7-8-14(10-13(12)2)21-19(25)16-11-15-18(23(16)3)22-17-6-4-5-9-24(17)20(15)26/h4-11H,1-3H3,(H,21,25). The summed E-state index contributed by atoms with van der Waals surface area (Å²) < 4.78 is 3.13. The van der Waals surface area contributed by atoms with Crippen LogP contribution in [0.3, 0.4) is 0 Å². The van der Waals surface area contributed by atoms with E-state index in [1.165, 1.54) is 4.40 Å². The number of hydrogen-bond acceptors (Lipinski definition) is 3. The molecule has 0 atom stereocenters. The molecule has 4 rings (SSSR count). The van der Waals surface area contributed by atoms with Gasteiger partial charge in [0.05, 0.1) is 5.39 Å². The highest BCUT2D eigenvalue weighted by Gasteiger charge is 2.17. The molecular weight excluding hydrogens is 328 g/mol. The molecule has 0 saturated heterocycles. The van der Waals surface area contributed by atoms with E-state index in [1.807, 2.05) is 38.1 Å². The number of anilines is 1. The molecule has 4 aromatic rings. The molecule has 0 aliphatic rings. The van der Waals surface area contributed by atoms with Gasteiger partial charge >= 0.3 is 0 Å². The largest absolute Gasteiger partial charge is 0.324 e. The van der Waals surface area contributed by atoms with Crippen molar-refractivity contribution in [2.24, 2.45) is 7.05 Å². The van der Waals surface area contributed by atoms with Gasteiger partial charge in [-0.1, -0.05) is 12.1 Å². The van der Waals surface area contributed by atoms with Gasteiger partial charge in [0.15, 0.2) is 0 Å². The van der Waals surface area contributed by atoms with Gasteiger partial charge in [0, 0.05) is 18.9 Å². The van der Waals surface area contributed by atoms with Crippen LogP contribution in [-0.2, 0) is 7.05 Å². The van der Waals surface area contributed by atoms with Crippen molar-refractivity contribution in [1.82, 2.24) is 14.0 Å². The smallest absolute Gasteiger partial charge is 0.272 e. The molecule has 0 fully saturated rings. The van der Waals surface area contributed by atoms with Crippen molar-refractivity contribution in [2.75, 3.05) is 5.32 Å². The summed E-state index contributed by atoms with van der Waals surface area (Å²) in [5.41, 5.74) is 4.23. The molecule has 3 heterocycles. The molecule has 1 aromatic carbocycles. The number of aryl methyl sites for hydroxylation is 3. The number of fused-ring (bicyclic) bond motifs is 2. The Bertz CT molecular complexity index is 1230. The number of pyridine rings is 1. The van der Waals surface area contributed by atoms with E-state index in [2.05, 4.69) is 10.3 Å². The Labute approximate surface area is 149 Å². The molecule has 0 aliphatic carbocycles. The van der Waals surface area contributed by atoms with Crippen molar-refractivity contribution in [1.29, 1.82) is 0 Å². The summed E-state index contributed by atoms with van der Waals surface area (Å²) >= 11 is 0. The maximum Gasteiger partial charge on any atom is 0.272 e. The van der Waals surface area contributed by atoms with Crippen LogP contribution in [-0.4, -0.2) is 19.9 Å². The first-order chi connectivity index (χ1) is 12.5. The number of benzene rings is 1. The molecule has 130 valence electrons. The Balaban J connectivity index is 1.81. The van der Waals surface area contributed by atoms with Gasteiger partial charge in [-0.25, -0.2) is 4.98 Å². The van der Waals surface area contributed by atoms with Gasteiger partial charge in [0.25, 0.3) is 11.5 Å². The van der Waals surface area contributed by atoms with E-state index in [9.17, 15) is 9.59 Å². The highest BCUT2D eigenvalue weighted by Crippen LogP contribution is 2.18. The molecule has 1 amide bonds. The molecular formula is C20H18N4O2. The fourth-order valence-corrected chi connectivity index (χ4v) is 3.05. The molecule has 3 aromatic heterocycles. The lowest BCUT2D eigenvalue weighted by Crippen LogP contribution is -2.16. The van der Waals surface area contributed by atoms with E-state index in [0.29, 0.717) is 22.4 Å². The molecule has 0 saturated carbocycles. The van der Waals surface area contributed by atoms with Crippen LogP contribution in [0.25, 0.3) is 16.7 Å². The number of carbonyl (C=O) groups is 1. The van der Waals surface area contributed by atoms with Crippen LogP contribution < -0.4 is 10.9 Å². The third-order valence-electron chi connectivity index (χ3n) is 4.71. The highest BCUT2D eigenvalue weighted by molar-refractivity contribution is 6.06. The van der Waals surface area contributed by atoms with Crippen LogP contribution in [0, 0.1) is 13.8 Å². The zero-order chi connectivity index (χ0) is 18.4. The lowest BCUT2D eigenvalue weighted by atomic mass is 10.1. The van der Waals surface area contributed by atoms with Gasteiger partial charge in [-0.05, 0) is 55.3 Å². The number of carbonyl (C=O) groups excluding carboxylic acids is 1. The van der Waals surface area contributed by atoms with Gasteiger partial charge in [-0.15, -0.1) is 0 Å². The predicted octanol–water partition coefficient (Wildman–Crippen LogP) is 3.06. The Morgan fingerprint density at radius 3 is 2.65 bits per heavy atom. The number of nitrogens with one attached hydrogen (secondary N) is 1. The molecule has 0 unspecified atom stereocenters. The normalized spacial score (nSPS) is 11.2. The van der Waals surface area contributed by atoms with Crippen molar-refractivity contribution in [2.45, 2.75) is 13.8 Å². The lowest BCUT2D eigenvalue weighted by molar-refractivity contribution is 0.101. The fourth-order valence-electron chi connectivity index (χ4n) is 3.05. The van der Waals surface area contributed by atoms with Gasteiger partial charge in [0.1, 0.15) is 17.0 Å². The predicted molar refractivity (Wildman–Crippen MR) is 102 cm³/mol. The Kier molecular flexibility index (Phi) is 3.61. The van der Waals surface area contributed by atoms with Crippen molar-refractivity contribution < 1.29 is 4.79 Å². The van der Waals surface area contributed by atoms with Crippen LogP contribution in [0.15, 0.2) is 53.5 Å². The Morgan fingerprint density at radius 2 is 1.88 bits per heavy atom. The van der Waals surface area contributed by atoms with E-state index in [0.717, 1.165) is 16.8 Å². The Hall–Kier alpha value is -3.41. The minimum Gasteiger partial charge on any atom is -0.324 e. The summed E-state index contributed by atoms with van der Waals surface area (Å²) in [7, 11) is 1.74. The topological polar surface area (TPSA) is 68.4 Å². The van der Waals surface area contributed by atoms with Crippen molar-refractivity contribution in [3.8, 4) is 0 Å². The molecule has 0 bridgehead atoms. The van der Waals surface area contributed by atoms with Gasteiger partial charge < -0.3 is 9.88 Å². The molecule has 26 heavy (non-hydrogen) atoms.